The van der Waals surface area contributed by atoms with Gasteiger partial charge in [-0.15, -0.1) is 0 Å². The predicted molar refractivity (Wildman–Crippen MR) is 41.6 cm³/mol. The molecule has 0 bridgehead atoms. The fourth-order valence-corrected chi connectivity index (χ4v) is 0.770. The van der Waals surface area contributed by atoms with Gasteiger partial charge in [-0.25, -0.2) is 0 Å². The third-order valence-corrected chi connectivity index (χ3v) is 1.40. The van der Waals surface area contributed by atoms with Crippen molar-refractivity contribution in [2.75, 3.05) is 9.86 Å². The molecule has 7 heavy (non-hydrogen) atoms. The monoisotopic (exact) mass is 210 g/mol. The van der Waals surface area contributed by atoms with Crippen molar-refractivity contribution in [3.63, 3.8) is 0 Å². The van der Waals surface area contributed by atoms with Crippen LogP contribution in [0.1, 0.15) is 0 Å². The molecule has 2 nitrogen and oxygen atoms in total. The molecule has 0 aromatic rings. The van der Waals surface area contributed by atoms with E-state index in [9.17, 15) is 0 Å². The number of nitrogens with one attached hydrogen (secondary N) is 1. The molecule has 39 valence electrons. The van der Waals surface area contributed by atoms with Crippen LogP contribution in [-0.2, 0) is 3.17 Å². The average molecular weight is 210 g/mol. The van der Waals surface area contributed by atoms with Gasteiger partial charge in [0.25, 0.3) is 0 Å². The second-order valence-electron chi connectivity index (χ2n) is 1.05. The zero-order valence-electron chi connectivity index (χ0n) is 4.44. The molecule has 0 aromatic carbocycles. The second-order valence-corrected chi connectivity index (χ2v) is 5.41. The van der Waals surface area contributed by atoms with E-state index in [0.29, 0.717) is 0 Å². The van der Waals surface area contributed by atoms with Crippen molar-refractivity contribution in [2.24, 2.45) is 0 Å². The van der Waals surface area contributed by atoms with Crippen LogP contribution in [0.2, 0.25) is 0 Å². The molecule has 0 saturated heterocycles. The van der Waals surface area contributed by atoms with Crippen LogP contribution in [0, 0.1) is 0 Å². The van der Waals surface area contributed by atoms with E-state index in [-0.39, 0.29) is 0 Å². The fourth-order valence-electron chi connectivity index (χ4n) is 0.115. The van der Waals surface area contributed by atoms with Gasteiger partial charge in [0.05, 0.1) is 0 Å². The molecule has 3 radical (unpaired) electrons. The maximum absolute atomic E-state index is 4.94. The van der Waals surface area contributed by atoms with Gasteiger partial charge in [-0.2, -0.15) is 0 Å². The molecule has 0 fully saturated rings. The molecule has 0 rings (SSSR count). The van der Waals surface area contributed by atoms with Crippen LogP contribution >= 0.6 is 20.2 Å². The normalized spacial score (nSPS) is 10.9. The Morgan fingerprint density at radius 3 is 2.43 bits per heavy atom. The van der Waals surface area contributed by atoms with Crippen LogP contribution < -0.4 is 5.39 Å². The maximum atomic E-state index is 4.94. The van der Waals surface area contributed by atoms with Gasteiger partial charge in [-0.1, -0.05) is 0 Å². The van der Waals surface area contributed by atoms with Crippen molar-refractivity contribution in [3.05, 3.63) is 0 Å². The number of halogens is 1. The third kappa shape index (κ3) is 6.78. The summed E-state index contributed by atoms with van der Waals surface area (Å²) in [6.07, 6.45) is 0. The van der Waals surface area contributed by atoms with Crippen LogP contribution in [0.3, 0.4) is 0 Å². The van der Waals surface area contributed by atoms with Crippen LogP contribution in [-0.4, -0.2) is 24.9 Å². The molecular formula is C2H7B2INO. The summed E-state index contributed by atoms with van der Waals surface area (Å²) >= 11 is -1.05. The van der Waals surface area contributed by atoms with Gasteiger partial charge in [0.2, 0.25) is 0 Å². The molecule has 0 aliphatic rings. The summed E-state index contributed by atoms with van der Waals surface area (Å²) in [5, 5.41) is 2.47. The predicted octanol–water partition coefficient (Wildman–Crippen LogP) is -0.109. The summed E-state index contributed by atoms with van der Waals surface area (Å²) in [6, 6.07) is 0. The Balaban J connectivity index is 2.68. The van der Waals surface area contributed by atoms with Gasteiger partial charge in [0.15, 0.2) is 0 Å². The molecule has 5 heteroatoms. The molecule has 0 heterocycles. The zero-order chi connectivity index (χ0) is 5.70. The van der Waals surface area contributed by atoms with Crippen LogP contribution in [0.5, 0.6) is 0 Å². The van der Waals surface area contributed by atoms with E-state index >= 15 is 0 Å². The van der Waals surface area contributed by atoms with E-state index in [1.165, 1.54) is 7.31 Å². The number of hydrogen-bond acceptors (Lipinski definition) is 2. The molecule has 0 atom stereocenters. The molecule has 0 aliphatic heterocycles. The summed E-state index contributed by atoms with van der Waals surface area (Å²) in [6.45, 7) is 0. The van der Waals surface area contributed by atoms with Gasteiger partial charge in [0, 0.05) is 0 Å². The van der Waals surface area contributed by atoms with Crippen molar-refractivity contribution in [2.45, 2.75) is 0 Å². The molecule has 0 aliphatic carbocycles. The van der Waals surface area contributed by atoms with Crippen molar-refractivity contribution in [1.29, 1.82) is 0 Å². The van der Waals surface area contributed by atoms with Gasteiger partial charge in [-0.05, 0) is 0 Å². The van der Waals surface area contributed by atoms with Gasteiger partial charge in [0.1, 0.15) is 0 Å². The van der Waals surface area contributed by atoms with Gasteiger partial charge >= 0.3 is 53.7 Å². The van der Waals surface area contributed by atoms with Crippen molar-refractivity contribution in [3.8, 4) is 0 Å². The van der Waals surface area contributed by atoms with E-state index in [1.54, 1.807) is 0 Å². The van der Waals surface area contributed by atoms with E-state index in [2.05, 4.69) is 15.3 Å². The minimum absolute atomic E-state index is 1.05. The van der Waals surface area contributed by atoms with Crippen molar-refractivity contribution < 1.29 is 3.17 Å². The van der Waals surface area contributed by atoms with Crippen LogP contribution in [0.25, 0.3) is 0 Å². The molecule has 0 spiro atoms. The summed E-state index contributed by atoms with van der Waals surface area (Å²) in [5.74, 6) is 0. The zero-order valence-corrected chi connectivity index (χ0v) is 6.60. The Hall–Kier alpha value is 0.780. The van der Waals surface area contributed by atoms with E-state index in [0.717, 1.165) is 0 Å². The minimum atomic E-state index is -1.05. The summed E-state index contributed by atoms with van der Waals surface area (Å²) in [4.78, 5) is 4.14. The third-order valence-electron chi connectivity index (χ3n) is 0.267. The Kier molecular flexibility index (Phi) is 5.48. The Bertz CT molecular complexity index is 44.7. The van der Waals surface area contributed by atoms with Crippen LogP contribution in [0.4, 0.5) is 0 Å². The molecule has 1 N–H and O–H groups in total. The Morgan fingerprint density at radius 2 is 2.29 bits per heavy atom. The SMILES string of the molecule is [B][B]NOI(C)C. The molecule has 0 saturated carbocycles. The summed E-state index contributed by atoms with van der Waals surface area (Å²) in [7, 11) is 6.23. The Labute approximate surface area is 53.9 Å². The summed E-state index contributed by atoms with van der Waals surface area (Å²) < 4.78 is 4.92. The first-order valence-electron chi connectivity index (χ1n) is 1.74. The Morgan fingerprint density at radius 1 is 1.71 bits per heavy atom. The quantitative estimate of drug-likeness (QED) is 0.303. The fraction of sp³-hybridized carbons (Fsp3) is 1.00. The van der Waals surface area contributed by atoms with Gasteiger partial charge < -0.3 is 0 Å². The number of hydrogen-bond donors (Lipinski definition) is 1. The molecule has 0 amide bonds. The first-order chi connectivity index (χ1) is 3.27. The van der Waals surface area contributed by atoms with Gasteiger partial charge in [-0.3, -0.25) is 0 Å². The van der Waals surface area contributed by atoms with E-state index < -0.39 is 20.2 Å². The standard InChI is InChI=1S/C2H7B2INO/c1-5(2)7-6-4-3/h6H,1-2H3. The van der Waals surface area contributed by atoms with E-state index in [4.69, 9.17) is 10.9 Å². The van der Waals surface area contributed by atoms with Crippen LogP contribution in [0.15, 0.2) is 0 Å². The molecule has 0 unspecified atom stereocenters. The molecule has 0 aromatic heterocycles. The topological polar surface area (TPSA) is 21.3 Å². The second kappa shape index (κ2) is 4.93. The van der Waals surface area contributed by atoms with E-state index in [1.807, 2.05) is 0 Å². The first-order valence-corrected chi connectivity index (χ1v) is 6.93. The average Bonchev–Trinajstić information content (AvgIpc) is 1.61. The van der Waals surface area contributed by atoms with Crippen molar-refractivity contribution in [1.82, 2.24) is 5.39 Å². The van der Waals surface area contributed by atoms with Crippen molar-refractivity contribution >= 4 is 35.3 Å². The summed E-state index contributed by atoms with van der Waals surface area (Å²) in [5.41, 5.74) is 0. The first kappa shape index (κ1) is 7.78. The molecular weight excluding hydrogens is 203 g/mol. The number of alkyl halides is 2. The number of rotatable bonds is 3.